The molecule has 0 N–H and O–H groups in total. The van der Waals surface area contributed by atoms with Crippen LogP contribution < -0.4 is 4.90 Å². The van der Waals surface area contributed by atoms with Crippen molar-refractivity contribution < 1.29 is 0 Å². The van der Waals surface area contributed by atoms with E-state index in [2.05, 4.69) is 88.9 Å². The zero-order valence-electron chi connectivity index (χ0n) is 19.3. The molecular weight excluding hydrogens is 424 g/mol. The quantitative estimate of drug-likeness (QED) is 0.240. The Morgan fingerprint density at radius 2 is 1.29 bits per heavy atom. The summed E-state index contributed by atoms with van der Waals surface area (Å²) in [7, 11) is 0. The minimum absolute atomic E-state index is 0.956. The van der Waals surface area contributed by atoms with Crippen LogP contribution in [0.3, 0.4) is 0 Å². The second-order valence-corrected chi connectivity index (χ2v) is 10.4. The molecule has 0 amide bonds. The fourth-order valence-electron chi connectivity index (χ4n) is 7.16. The van der Waals surface area contributed by atoms with Crippen LogP contribution in [0.15, 0.2) is 85.2 Å². The Kier molecular flexibility index (Phi) is 3.27. The lowest BCUT2D eigenvalue weighted by molar-refractivity contribution is 0.996. The Balaban J connectivity index is 1.33. The first-order valence-electron chi connectivity index (χ1n) is 12.6. The standard InChI is InChI=1S/C33H22N2/c1-3-7-26-19(5-1)11-21-12-22-13-23-14-24-15-25-18-34-10-9-31(25)35-30-8-4-2-6-20(30)16-29(33(24)35)32(23)28(22)17-27(21)26/h1-10,12,14,17-18H,11,13,15-16H2. The lowest BCUT2D eigenvalue weighted by Crippen LogP contribution is -2.25. The fourth-order valence-corrected chi connectivity index (χ4v) is 7.16. The van der Waals surface area contributed by atoms with Crippen LogP contribution in [-0.2, 0) is 25.7 Å². The Labute approximate surface area is 204 Å². The maximum Gasteiger partial charge on any atom is 0.0539 e. The summed E-state index contributed by atoms with van der Waals surface area (Å²) >= 11 is 0. The first kappa shape index (κ1) is 18.2. The summed E-state index contributed by atoms with van der Waals surface area (Å²) < 4.78 is 0. The molecule has 0 fully saturated rings. The van der Waals surface area contributed by atoms with Crippen LogP contribution in [0.1, 0.15) is 44.5 Å². The third-order valence-electron chi connectivity index (χ3n) is 8.55. The summed E-state index contributed by atoms with van der Waals surface area (Å²) in [5, 5.41) is 0. The normalized spacial score (nSPS) is 14.9. The number of rotatable bonds is 0. The van der Waals surface area contributed by atoms with Crippen LogP contribution in [-0.4, -0.2) is 4.98 Å². The minimum atomic E-state index is 0.956. The molecule has 9 rings (SSSR count). The van der Waals surface area contributed by atoms with Crippen LogP contribution in [0.2, 0.25) is 0 Å². The second kappa shape index (κ2) is 6.28. The molecule has 0 atom stereocenters. The van der Waals surface area contributed by atoms with Gasteiger partial charge in [0.05, 0.1) is 11.4 Å². The number of pyridine rings is 1. The number of hydrogen-bond acceptors (Lipinski definition) is 2. The lowest BCUT2D eigenvalue weighted by atomic mass is 9.82. The number of hydrogen-bond donors (Lipinski definition) is 0. The van der Waals surface area contributed by atoms with E-state index < -0.39 is 0 Å². The first-order valence-corrected chi connectivity index (χ1v) is 12.6. The Morgan fingerprint density at radius 1 is 0.543 bits per heavy atom. The monoisotopic (exact) mass is 446 g/mol. The van der Waals surface area contributed by atoms with E-state index in [0.717, 1.165) is 25.7 Å². The molecule has 0 bridgehead atoms. The van der Waals surface area contributed by atoms with Gasteiger partial charge in [0.25, 0.3) is 0 Å². The molecule has 0 unspecified atom stereocenters. The highest BCUT2D eigenvalue weighted by molar-refractivity contribution is 5.96. The van der Waals surface area contributed by atoms with Crippen LogP contribution in [0, 0.1) is 0 Å². The maximum absolute atomic E-state index is 4.47. The van der Waals surface area contributed by atoms with Crippen molar-refractivity contribution in [1.82, 2.24) is 4.98 Å². The summed E-state index contributed by atoms with van der Waals surface area (Å²) in [6.07, 6.45) is 8.03. The minimum Gasteiger partial charge on any atom is -0.309 e. The van der Waals surface area contributed by atoms with Gasteiger partial charge in [-0.15, -0.1) is 0 Å². The summed E-state index contributed by atoms with van der Waals surface area (Å²) in [5.41, 5.74) is 21.4. The average molecular weight is 447 g/mol. The number of fused-ring (bicyclic) bond motifs is 11. The molecule has 35 heavy (non-hydrogen) atoms. The van der Waals surface area contributed by atoms with Crippen molar-refractivity contribution in [2.75, 3.05) is 4.90 Å². The van der Waals surface area contributed by atoms with Crippen LogP contribution in [0.5, 0.6) is 0 Å². The van der Waals surface area contributed by atoms with Gasteiger partial charge >= 0.3 is 0 Å². The molecule has 3 heterocycles. The molecule has 0 saturated heterocycles. The predicted molar refractivity (Wildman–Crippen MR) is 141 cm³/mol. The molecule has 0 saturated carbocycles. The molecule has 2 nitrogen and oxygen atoms in total. The summed E-state index contributed by atoms with van der Waals surface area (Å²) in [4.78, 5) is 6.99. The van der Waals surface area contributed by atoms with Crippen molar-refractivity contribution >= 4 is 17.1 Å². The highest BCUT2D eigenvalue weighted by atomic mass is 15.2. The third-order valence-corrected chi connectivity index (χ3v) is 8.55. The lowest BCUT2D eigenvalue weighted by Gasteiger charge is -2.40. The third kappa shape index (κ3) is 2.27. The predicted octanol–water partition coefficient (Wildman–Crippen LogP) is 7.50. The van der Waals surface area contributed by atoms with Gasteiger partial charge in [-0.1, -0.05) is 54.6 Å². The van der Waals surface area contributed by atoms with Gasteiger partial charge in [-0.2, -0.15) is 0 Å². The zero-order chi connectivity index (χ0) is 22.7. The Morgan fingerprint density at radius 3 is 2.26 bits per heavy atom. The number of anilines is 3. The molecule has 4 aliphatic rings. The SMILES string of the molecule is c1ccc2c(c1)Cc1cc3c(cc1-2)-c1c(cc2c4c1Cc1ccccc1N4c1ccncc1C2)C3. The van der Waals surface area contributed by atoms with Gasteiger partial charge in [-0.05, 0) is 97.8 Å². The van der Waals surface area contributed by atoms with Gasteiger partial charge in [0, 0.05) is 30.9 Å². The molecule has 2 aliphatic heterocycles. The number of nitrogens with zero attached hydrogens (tertiary/aromatic N) is 2. The molecule has 0 radical (unpaired) electrons. The number of aromatic nitrogens is 1. The molecule has 5 aromatic rings. The van der Waals surface area contributed by atoms with E-state index in [0.29, 0.717) is 0 Å². The molecular formula is C33H22N2. The van der Waals surface area contributed by atoms with E-state index in [4.69, 9.17) is 0 Å². The molecule has 2 aliphatic carbocycles. The second-order valence-electron chi connectivity index (χ2n) is 10.4. The van der Waals surface area contributed by atoms with E-state index in [9.17, 15) is 0 Å². The highest BCUT2D eigenvalue weighted by Crippen LogP contribution is 2.56. The smallest absolute Gasteiger partial charge is 0.0539 e. The molecule has 2 heteroatoms. The zero-order valence-corrected chi connectivity index (χ0v) is 19.3. The highest BCUT2D eigenvalue weighted by Gasteiger charge is 2.36. The van der Waals surface area contributed by atoms with Gasteiger partial charge in [-0.25, -0.2) is 0 Å². The topological polar surface area (TPSA) is 16.1 Å². The summed E-state index contributed by atoms with van der Waals surface area (Å²) in [6, 6.07) is 27.6. The van der Waals surface area contributed by atoms with Crippen LogP contribution in [0.4, 0.5) is 17.1 Å². The molecule has 164 valence electrons. The maximum atomic E-state index is 4.47. The molecule has 4 aromatic carbocycles. The van der Waals surface area contributed by atoms with Crippen molar-refractivity contribution in [1.29, 1.82) is 0 Å². The van der Waals surface area contributed by atoms with Crippen molar-refractivity contribution in [3.63, 3.8) is 0 Å². The van der Waals surface area contributed by atoms with Gasteiger partial charge in [-0.3, -0.25) is 4.98 Å². The summed E-state index contributed by atoms with van der Waals surface area (Å²) in [6.45, 7) is 0. The van der Waals surface area contributed by atoms with E-state index in [1.165, 1.54) is 83.8 Å². The van der Waals surface area contributed by atoms with Crippen molar-refractivity contribution in [2.24, 2.45) is 0 Å². The van der Waals surface area contributed by atoms with Crippen molar-refractivity contribution in [3.8, 4) is 22.3 Å². The Hall–Kier alpha value is -4.17. The first-order chi connectivity index (χ1) is 17.3. The molecule has 1 aromatic heterocycles. The van der Waals surface area contributed by atoms with Gasteiger partial charge in [0.15, 0.2) is 0 Å². The van der Waals surface area contributed by atoms with E-state index in [1.807, 2.05) is 6.20 Å². The average Bonchev–Trinajstić information content (AvgIpc) is 3.44. The Bertz CT molecular complexity index is 1750. The van der Waals surface area contributed by atoms with E-state index in [1.54, 1.807) is 0 Å². The fraction of sp³-hybridized carbons (Fsp3) is 0.121. The van der Waals surface area contributed by atoms with Crippen molar-refractivity contribution in [3.05, 3.63) is 130 Å². The van der Waals surface area contributed by atoms with E-state index in [-0.39, 0.29) is 0 Å². The van der Waals surface area contributed by atoms with Crippen LogP contribution >= 0.6 is 0 Å². The van der Waals surface area contributed by atoms with Crippen LogP contribution in [0.25, 0.3) is 22.3 Å². The van der Waals surface area contributed by atoms with Gasteiger partial charge in [0.2, 0.25) is 0 Å². The number of benzene rings is 4. The van der Waals surface area contributed by atoms with Crippen molar-refractivity contribution in [2.45, 2.75) is 25.7 Å². The molecule has 0 spiro atoms. The van der Waals surface area contributed by atoms with E-state index >= 15 is 0 Å². The van der Waals surface area contributed by atoms with Gasteiger partial charge < -0.3 is 4.90 Å². The largest absolute Gasteiger partial charge is 0.309 e. The van der Waals surface area contributed by atoms with Gasteiger partial charge in [0.1, 0.15) is 0 Å². The summed E-state index contributed by atoms with van der Waals surface area (Å²) in [5.74, 6) is 0. The number of para-hydroxylation sites is 1.